The fourth-order valence-corrected chi connectivity index (χ4v) is 6.16. The molecule has 0 spiro atoms. The van der Waals surface area contributed by atoms with Gasteiger partial charge in [-0.3, -0.25) is 24.4 Å². The third-order valence-corrected chi connectivity index (χ3v) is 8.23. The number of nitrogens with one attached hydrogen (secondary N) is 2. The fourth-order valence-electron chi connectivity index (χ4n) is 6.16. The van der Waals surface area contributed by atoms with E-state index in [1.54, 1.807) is 4.90 Å². The third-order valence-electron chi connectivity index (χ3n) is 8.23. The number of hydrogen-bond donors (Lipinski definition) is 4. The van der Waals surface area contributed by atoms with Gasteiger partial charge in [0.25, 0.3) is 0 Å². The Balaban J connectivity index is 1.36. The molecule has 2 amide bonds. The molecule has 1 aromatic heterocycles. The number of rotatable bonds is 11. The van der Waals surface area contributed by atoms with Crippen LogP contribution in [0, 0.1) is 5.92 Å². The molecular formula is C36H47N5O4. The van der Waals surface area contributed by atoms with E-state index in [1.807, 2.05) is 75.4 Å². The molecule has 2 aromatic carbocycles. The number of carbonyl (C=O) groups is 2. The minimum Gasteiger partial charge on any atom is -0.392 e. The van der Waals surface area contributed by atoms with Crippen molar-refractivity contribution in [2.24, 2.45) is 5.92 Å². The van der Waals surface area contributed by atoms with Gasteiger partial charge < -0.3 is 20.8 Å². The topological polar surface area (TPSA) is 118 Å². The van der Waals surface area contributed by atoms with Crippen LogP contribution in [0.1, 0.15) is 63.7 Å². The standard InChI is InChI=1S/C36H47N5O4/c1-36(2,3)39-35(45)31-24-40(22-26-12-9-15-37-21-26)16-17-41(31)23-29(42)19-28(18-25-10-5-4-6-11-25)34(44)38-33-30-14-8-7-13-27(30)20-32(33)43/h4-15,21,28-29,31-33,42-43H,16-20,22-24H2,1-3H3,(H,38,44)(H,39,45)/t28-,29+,31-,32-,33+/m1/s1/i9D,12D,15D,21D,22D2. The molecule has 1 fully saturated rings. The highest BCUT2D eigenvalue weighted by Crippen LogP contribution is 2.32. The van der Waals surface area contributed by atoms with Gasteiger partial charge in [0.1, 0.15) is 6.04 Å². The molecule has 5 atom stereocenters. The van der Waals surface area contributed by atoms with E-state index in [4.69, 9.17) is 8.22 Å². The van der Waals surface area contributed by atoms with Crippen molar-refractivity contribution in [3.63, 3.8) is 0 Å². The summed E-state index contributed by atoms with van der Waals surface area (Å²) in [5.41, 5.74) is 1.67. The average Bonchev–Trinajstić information content (AvgIpc) is 3.37. The zero-order valence-corrected chi connectivity index (χ0v) is 26.1. The van der Waals surface area contributed by atoms with Crippen molar-refractivity contribution >= 4 is 11.8 Å². The molecule has 1 saturated heterocycles. The van der Waals surface area contributed by atoms with E-state index in [0.717, 1.165) is 16.7 Å². The van der Waals surface area contributed by atoms with E-state index in [2.05, 4.69) is 15.6 Å². The second-order valence-corrected chi connectivity index (χ2v) is 13.0. The first kappa shape index (κ1) is 25.5. The highest BCUT2D eigenvalue weighted by atomic mass is 16.3. The summed E-state index contributed by atoms with van der Waals surface area (Å²) in [4.78, 5) is 34.4. The first-order chi connectivity index (χ1) is 24.0. The van der Waals surface area contributed by atoms with Crippen LogP contribution in [-0.4, -0.2) is 86.8 Å². The highest BCUT2D eigenvalue weighted by molar-refractivity contribution is 5.83. The number of nitrogens with zero attached hydrogens (tertiary/aromatic N) is 3. The van der Waals surface area contributed by atoms with E-state index >= 15 is 0 Å². The molecule has 3 aromatic rings. The Morgan fingerprint density at radius 3 is 2.64 bits per heavy atom. The van der Waals surface area contributed by atoms with Gasteiger partial charge in [-0.05, 0) is 61.9 Å². The van der Waals surface area contributed by atoms with Crippen molar-refractivity contribution in [1.29, 1.82) is 0 Å². The molecule has 2 aliphatic rings. The van der Waals surface area contributed by atoms with E-state index in [0.29, 0.717) is 12.8 Å². The van der Waals surface area contributed by atoms with Gasteiger partial charge in [0.2, 0.25) is 11.8 Å². The number of piperazine rings is 1. The van der Waals surface area contributed by atoms with Gasteiger partial charge >= 0.3 is 0 Å². The molecule has 2 heterocycles. The van der Waals surface area contributed by atoms with Gasteiger partial charge in [-0.15, -0.1) is 0 Å². The molecule has 0 bridgehead atoms. The number of fused-ring (bicyclic) bond motifs is 1. The summed E-state index contributed by atoms with van der Waals surface area (Å²) >= 11 is 0. The lowest BCUT2D eigenvalue weighted by Gasteiger charge is -2.42. The number of carbonyl (C=O) groups excluding carboxylic acids is 2. The van der Waals surface area contributed by atoms with Gasteiger partial charge in [0, 0.05) is 65.6 Å². The molecule has 1 aliphatic heterocycles. The number of aliphatic hydroxyl groups excluding tert-OH is 2. The Hall–Kier alpha value is -3.63. The van der Waals surface area contributed by atoms with Crippen molar-refractivity contribution in [1.82, 2.24) is 25.4 Å². The quantitative estimate of drug-likeness (QED) is 0.261. The number of aliphatic hydroxyl groups is 2. The van der Waals surface area contributed by atoms with Crippen LogP contribution < -0.4 is 10.6 Å². The molecule has 0 saturated carbocycles. The van der Waals surface area contributed by atoms with Crippen LogP contribution in [0.15, 0.2) is 79.0 Å². The number of pyridine rings is 1. The zero-order valence-electron chi connectivity index (χ0n) is 32.1. The second-order valence-electron chi connectivity index (χ2n) is 13.0. The largest absolute Gasteiger partial charge is 0.392 e. The van der Waals surface area contributed by atoms with E-state index in [1.165, 1.54) is 4.90 Å². The Bertz CT molecular complexity index is 1730. The van der Waals surface area contributed by atoms with Crippen molar-refractivity contribution in [2.45, 2.75) is 76.4 Å². The van der Waals surface area contributed by atoms with Crippen molar-refractivity contribution in [3.05, 3.63) is 101 Å². The highest BCUT2D eigenvalue weighted by Gasteiger charge is 2.37. The number of aromatic nitrogens is 1. The molecule has 0 radical (unpaired) electrons. The summed E-state index contributed by atoms with van der Waals surface area (Å²) in [5, 5.41) is 28.3. The molecule has 5 rings (SSSR count). The minimum atomic E-state index is -2.46. The zero-order chi connectivity index (χ0) is 37.2. The predicted molar refractivity (Wildman–Crippen MR) is 174 cm³/mol. The normalized spacial score (nSPS) is 24.2. The molecule has 9 nitrogen and oxygen atoms in total. The first-order valence-electron chi connectivity index (χ1n) is 18.5. The molecular weight excluding hydrogens is 566 g/mol. The number of hydrogen-bond acceptors (Lipinski definition) is 7. The minimum absolute atomic E-state index is 0.00583. The van der Waals surface area contributed by atoms with Gasteiger partial charge in [0.05, 0.1) is 23.7 Å². The fraction of sp³-hybridized carbons (Fsp3) is 0.472. The predicted octanol–water partition coefficient (Wildman–Crippen LogP) is 2.87. The molecule has 9 heteroatoms. The van der Waals surface area contributed by atoms with Gasteiger partial charge in [-0.1, -0.05) is 60.6 Å². The monoisotopic (exact) mass is 619 g/mol. The van der Waals surface area contributed by atoms with Crippen LogP contribution in [0.2, 0.25) is 0 Å². The van der Waals surface area contributed by atoms with E-state index < -0.39 is 78.1 Å². The summed E-state index contributed by atoms with van der Waals surface area (Å²) in [7, 11) is 0. The Morgan fingerprint density at radius 1 is 1.11 bits per heavy atom. The SMILES string of the molecule is [2H]c1nc([2H])c(C([2H])([2H])N2CCN(C[C@@H](O)C[C@@H](Cc3ccccc3)C(=O)N[C@H]3c4ccccc4C[C@H]3O)[C@@H](C(=O)NC(C)(C)C)C2)c([2H])c1[2H]. The summed E-state index contributed by atoms with van der Waals surface area (Å²) in [6.07, 6.45) is -2.22. The van der Waals surface area contributed by atoms with Crippen LogP contribution in [0.25, 0.3) is 0 Å². The molecule has 4 N–H and O–H groups in total. The summed E-state index contributed by atoms with van der Waals surface area (Å²) in [6.45, 7) is 3.03. The molecule has 1 aliphatic carbocycles. The maximum absolute atomic E-state index is 13.9. The van der Waals surface area contributed by atoms with Crippen molar-refractivity contribution < 1.29 is 28.0 Å². The third kappa shape index (κ3) is 8.98. The lowest BCUT2D eigenvalue weighted by molar-refractivity contribution is -0.132. The summed E-state index contributed by atoms with van der Waals surface area (Å²) in [6, 6.07) is 14.3. The van der Waals surface area contributed by atoms with Gasteiger partial charge in [-0.2, -0.15) is 0 Å². The van der Waals surface area contributed by atoms with E-state index in [9.17, 15) is 19.8 Å². The summed E-state index contributed by atoms with van der Waals surface area (Å²) in [5.74, 6) is -1.38. The van der Waals surface area contributed by atoms with Crippen LogP contribution in [0.5, 0.6) is 0 Å². The Kier molecular flexibility index (Phi) is 8.31. The lowest BCUT2D eigenvalue weighted by Crippen LogP contribution is -2.61. The van der Waals surface area contributed by atoms with Crippen molar-refractivity contribution in [3.8, 4) is 0 Å². The molecule has 240 valence electrons. The van der Waals surface area contributed by atoms with Crippen molar-refractivity contribution in [2.75, 3.05) is 26.2 Å². The number of benzene rings is 2. The van der Waals surface area contributed by atoms with Gasteiger partial charge in [0.15, 0.2) is 0 Å². The Labute approximate surface area is 275 Å². The van der Waals surface area contributed by atoms with Gasteiger partial charge in [-0.25, -0.2) is 0 Å². The maximum Gasteiger partial charge on any atom is 0.239 e. The maximum atomic E-state index is 13.9. The van der Waals surface area contributed by atoms with Crippen LogP contribution in [0.3, 0.4) is 0 Å². The Morgan fingerprint density at radius 2 is 1.87 bits per heavy atom. The second kappa shape index (κ2) is 14.6. The van der Waals surface area contributed by atoms with Crippen LogP contribution in [-0.2, 0) is 28.9 Å². The first-order valence-corrected chi connectivity index (χ1v) is 15.5. The number of amides is 2. The number of β-amino-alcohol motifs (C(OH)–C–C–N with tert-alkyl or cyclic N) is 1. The smallest absolute Gasteiger partial charge is 0.239 e. The molecule has 0 unspecified atom stereocenters. The molecule has 45 heavy (non-hydrogen) atoms. The lowest BCUT2D eigenvalue weighted by atomic mass is 9.91. The van der Waals surface area contributed by atoms with E-state index in [-0.39, 0.29) is 38.5 Å². The summed E-state index contributed by atoms with van der Waals surface area (Å²) < 4.78 is 50.2. The van der Waals surface area contributed by atoms with Crippen LogP contribution >= 0.6 is 0 Å². The average molecular weight is 620 g/mol. The van der Waals surface area contributed by atoms with Crippen LogP contribution in [0.4, 0.5) is 0 Å².